The molecule has 1 aromatic rings. The largest absolute Gasteiger partial charge is 0.496 e. The van der Waals surface area contributed by atoms with Crippen LogP contribution in [0.5, 0.6) is 5.75 Å². The first kappa shape index (κ1) is 11.7. The molecule has 86 valence electrons. The SMILES string of the molecule is COc1ccc(Cl)c(Cl)c1C1CCC(=O)C1. The van der Waals surface area contributed by atoms with E-state index in [4.69, 9.17) is 27.9 Å². The molecule has 0 N–H and O–H groups in total. The molecule has 16 heavy (non-hydrogen) atoms. The summed E-state index contributed by atoms with van der Waals surface area (Å²) < 4.78 is 5.27. The van der Waals surface area contributed by atoms with E-state index in [2.05, 4.69) is 0 Å². The minimum Gasteiger partial charge on any atom is -0.496 e. The molecule has 1 aromatic carbocycles. The fourth-order valence-corrected chi connectivity index (χ4v) is 2.64. The maximum Gasteiger partial charge on any atom is 0.133 e. The summed E-state index contributed by atoms with van der Waals surface area (Å²) in [5.74, 6) is 1.14. The summed E-state index contributed by atoms with van der Waals surface area (Å²) in [6, 6.07) is 3.51. The molecule has 1 aliphatic rings. The Morgan fingerprint density at radius 2 is 2.12 bits per heavy atom. The van der Waals surface area contributed by atoms with E-state index in [0.29, 0.717) is 28.6 Å². The number of hydrogen-bond acceptors (Lipinski definition) is 2. The van der Waals surface area contributed by atoms with Gasteiger partial charge in [0, 0.05) is 18.4 Å². The number of ether oxygens (including phenoxy) is 1. The zero-order chi connectivity index (χ0) is 11.7. The van der Waals surface area contributed by atoms with E-state index in [1.165, 1.54) is 0 Å². The van der Waals surface area contributed by atoms with Crippen LogP contribution < -0.4 is 4.74 Å². The van der Waals surface area contributed by atoms with E-state index in [0.717, 1.165) is 12.0 Å². The molecule has 1 unspecified atom stereocenters. The molecule has 1 atom stereocenters. The topological polar surface area (TPSA) is 26.3 Å². The molecule has 0 radical (unpaired) electrons. The molecule has 1 saturated carbocycles. The summed E-state index contributed by atoms with van der Waals surface area (Å²) >= 11 is 12.2. The summed E-state index contributed by atoms with van der Waals surface area (Å²) in [5.41, 5.74) is 0.877. The zero-order valence-corrected chi connectivity index (χ0v) is 10.4. The third-order valence-electron chi connectivity index (χ3n) is 2.97. The second-order valence-corrected chi connectivity index (χ2v) is 4.74. The first-order valence-corrected chi connectivity index (χ1v) is 5.92. The van der Waals surface area contributed by atoms with Crippen molar-refractivity contribution in [3.8, 4) is 5.75 Å². The predicted octanol–water partition coefficient (Wildman–Crippen LogP) is 3.84. The normalized spacial score (nSPS) is 20.2. The quantitative estimate of drug-likeness (QED) is 0.806. The Labute approximate surface area is 104 Å². The van der Waals surface area contributed by atoms with Crippen molar-refractivity contribution in [1.29, 1.82) is 0 Å². The van der Waals surface area contributed by atoms with Gasteiger partial charge >= 0.3 is 0 Å². The number of benzene rings is 1. The van der Waals surface area contributed by atoms with E-state index in [1.807, 2.05) is 0 Å². The van der Waals surface area contributed by atoms with Gasteiger partial charge in [-0.25, -0.2) is 0 Å². The van der Waals surface area contributed by atoms with Crippen LogP contribution in [-0.4, -0.2) is 12.9 Å². The highest BCUT2D eigenvalue weighted by Crippen LogP contribution is 2.43. The maximum absolute atomic E-state index is 11.3. The highest BCUT2D eigenvalue weighted by Gasteiger charge is 2.28. The molecule has 0 saturated heterocycles. The van der Waals surface area contributed by atoms with Crippen molar-refractivity contribution in [2.24, 2.45) is 0 Å². The second kappa shape index (κ2) is 4.64. The number of hydrogen-bond donors (Lipinski definition) is 0. The minimum absolute atomic E-state index is 0.147. The van der Waals surface area contributed by atoms with Gasteiger partial charge in [-0.3, -0.25) is 4.79 Å². The second-order valence-electron chi connectivity index (χ2n) is 3.96. The third-order valence-corrected chi connectivity index (χ3v) is 3.79. The average Bonchev–Trinajstić information content (AvgIpc) is 2.68. The first-order chi connectivity index (χ1) is 7.63. The number of Topliss-reactive ketones (excluding diaryl/α,β-unsaturated/α-hetero) is 1. The lowest BCUT2D eigenvalue weighted by atomic mass is 9.96. The highest BCUT2D eigenvalue weighted by atomic mass is 35.5. The van der Waals surface area contributed by atoms with Crippen molar-refractivity contribution in [2.45, 2.75) is 25.2 Å². The van der Waals surface area contributed by atoms with Crippen LogP contribution in [0, 0.1) is 0 Å². The molecule has 4 heteroatoms. The van der Waals surface area contributed by atoms with E-state index >= 15 is 0 Å². The van der Waals surface area contributed by atoms with Gasteiger partial charge in [0.05, 0.1) is 17.2 Å². The van der Waals surface area contributed by atoms with Gasteiger partial charge in [-0.15, -0.1) is 0 Å². The Kier molecular flexibility index (Phi) is 3.41. The number of ketones is 1. The molecule has 0 heterocycles. The van der Waals surface area contributed by atoms with Gasteiger partial charge in [-0.1, -0.05) is 23.2 Å². The van der Waals surface area contributed by atoms with E-state index in [-0.39, 0.29) is 11.7 Å². The average molecular weight is 259 g/mol. The van der Waals surface area contributed by atoms with Crippen LogP contribution in [0.4, 0.5) is 0 Å². The van der Waals surface area contributed by atoms with Gasteiger partial charge in [-0.2, -0.15) is 0 Å². The monoisotopic (exact) mass is 258 g/mol. The molecule has 2 rings (SSSR count). The number of halogens is 2. The van der Waals surface area contributed by atoms with Gasteiger partial charge < -0.3 is 4.74 Å². The van der Waals surface area contributed by atoms with Gasteiger partial charge in [0.2, 0.25) is 0 Å². The minimum atomic E-state index is 0.147. The predicted molar refractivity (Wildman–Crippen MR) is 64.6 cm³/mol. The molecule has 0 amide bonds. The zero-order valence-electron chi connectivity index (χ0n) is 8.93. The van der Waals surface area contributed by atoms with Crippen LogP contribution in [0.1, 0.15) is 30.7 Å². The lowest BCUT2D eigenvalue weighted by molar-refractivity contribution is -0.117. The van der Waals surface area contributed by atoms with Crippen molar-refractivity contribution in [1.82, 2.24) is 0 Å². The Morgan fingerprint density at radius 1 is 1.38 bits per heavy atom. The number of carbonyl (C=O) groups excluding carboxylic acids is 1. The fourth-order valence-electron chi connectivity index (χ4n) is 2.17. The highest BCUT2D eigenvalue weighted by molar-refractivity contribution is 6.42. The Balaban J connectivity index is 2.45. The number of rotatable bonds is 2. The van der Waals surface area contributed by atoms with Crippen LogP contribution in [0.2, 0.25) is 10.0 Å². The summed E-state index contributed by atoms with van der Waals surface area (Å²) in [7, 11) is 1.60. The molecule has 0 bridgehead atoms. The van der Waals surface area contributed by atoms with Crippen LogP contribution in [0.3, 0.4) is 0 Å². The number of carbonyl (C=O) groups is 1. The van der Waals surface area contributed by atoms with Crippen molar-refractivity contribution in [2.75, 3.05) is 7.11 Å². The van der Waals surface area contributed by atoms with Crippen molar-refractivity contribution in [3.63, 3.8) is 0 Å². The molecule has 0 aromatic heterocycles. The molecule has 1 aliphatic carbocycles. The molecule has 0 aliphatic heterocycles. The van der Waals surface area contributed by atoms with E-state index in [9.17, 15) is 4.79 Å². The maximum atomic E-state index is 11.3. The molecular formula is C12H12Cl2O2. The van der Waals surface area contributed by atoms with Crippen molar-refractivity contribution >= 4 is 29.0 Å². The van der Waals surface area contributed by atoms with E-state index < -0.39 is 0 Å². The molecule has 0 spiro atoms. The van der Waals surface area contributed by atoms with Crippen molar-refractivity contribution in [3.05, 3.63) is 27.7 Å². The molecular weight excluding hydrogens is 247 g/mol. The van der Waals surface area contributed by atoms with Crippen molar-refractivity contribution < 1.29 is 9.53 Å². The van der Waals surface area contributed by atoms with E-state index in [1.54, 1.807) is 19.2 Å². The summed E-state index contributed by atoms with van der Waals surface area (Å²) in [4.78, 5) is 11.3. The molecule has 1 fully saturated rings. The standard InChI is InChI=1S/C12H12Cl2O2/c1-16-10-5-4-9(13)12(14)11(10)7-2-3-8(15)6-7/h4-5,7H,2-3,6H2,1H3. The third kappa shape index (κ3) is 2.04. The smallest absolute Gasteiger partial charge is 0.133 e. The Hall–Kier alpha value is -0.730. The number of methoxy groups -OCH3 is 1. The van der Waals surface area contributed by atoms with Crippen LogP contribution in [-0.2, 0) is 4.79 Å². The fraction of sp³-hybridized carbons (Fsp3) is 0.417. The lowest BCUT2D eigenvalue weighted by Crippen LogP contribution is -2.00. The van der Waals surface area contributed by atoms with Crippen LogP contribution in [0.25, 0.3) is 0 Å². The van der Waals surface area contributed by atoms with Gasteiger partial charge in [-0.05, 0) is 24.5 Å². The van der Waals surface area contributed by atoms with Gasteiger partial charge in [0.25, 0.3) is 0 Å². The Bertz CT molecular complexity index is 429. The molecule has 2 nitrogen and oxygen atoms in total. The summed E-state index contributed by atoms with van der Waals surface area (Å²) in [6.45, 7) is 0. The first-order valence-electron chi connectivity index (χ1n) is 5.17. The Morgan fingerprint density at radius 3 is 2.69 bits per heavy atom. The summed E-state index contributed by atoms with van der Waals surface area (Å²) in [6.07, 6.45) is 1.99. The van der Waals surface area contributed by atoms with Crippen LogP contribution in [0.15, 0.2) is 12.1 Å². The van der Waals surface area contributed by atoms with Crippen LogP contribution >= 0.6 is 23.2 Å². The summed E-state index contributed by atoms with van der Waals surface area (Å²) in [5, 5.41) is 1.03. The van der Waals surface area contributed by atoms with Gasteiger partial charge in [0.15, 0.2) is 0 Å². The lowest BCUT2D eigenvalue weighted by Gasteiger charge is -2.16. The van der Waals surface area contributed by atoms with Gasteiger partial charge in [0.1, 0.15) is 11.5 Å².